The van der Waals surface area contributed by atoms with E-state index in [1.807, 2.05) is 24.3 Å². The Hall–Kier alpha value is -2.73. The summed E-state index contributed by atoms with van der Waals surface area (Å²) in [4.78, 5) is 19.8. The van der Waals surface area contributed by atoms with E-state index in [9.17, 15) is 9.18 Å². The van der Waals surface area contributed by atoms with Gasteiger partial charge < -0.3 is 9.64 Å². The lowest BCUT2D eigenvalue weighted by atomic mass is 10.2. The second-order valence-corrected chi connectivity index (χ2v) is 7.89. The number of halogens is 1. The number of ether oxygens (including phenoxy) is 1. The van der Waals surface area contributed by atoms with Crippen LogP contribution in [0, 0.1) is 12.7 Å². The van der Waals surface area contributed by atoms with Crippen LogP contribution in [0.3, 0.4) is 0 Å². The van der Waals surface area contributed by atoms with Gasteiger partial charge in [-0.25, -0.2) is 9.37 Å². The molecule has 1 saturated heterocycles. The predicted octanol–water partition coefficient (Wildman–Crippen LogP) is 4.48. The monoisotopic (exact) mass is 409 g/mol. The molecule has 2 heterocycles. The fourth-order valence-electron chi connectivity index (χ4n) is 4.13. The van der Waals surface area contributed by atoms with E-state index < -0.39 is 11.4 Å². The van der Waals surface area contributed by atoms with Crippen molar-refractivity contribution >= 4 is 10.9 Å². The number of aryl methyl sites for hydroxylation is 1. The summed E-state index contributed by atoms with van der Waals surface area (Å²) in [6, 6.07) is 11.8. The van der Waals surface area contributed by atoms with Gasteiger partial charge in [0.05, 0.1) is 17.8 Å². The molecule has 30 heavy (non-hydrogen) atoms. The van der Waals surface area contributed by atoms with E-state index in [2.05, 4.69) is 9.88 Å². The molecule has 1 aromatic heterocycles. The highest BCUT2D eigenvalue weighted by Gasteiger charge is 2.13. The molecule has 0 spiro atoms. The van der Waals surface area contributed by atoms with Gasteiger partial charge in [-0.1, -0.05) is 18.9 Å². The first-order valence-corrected chi connectivity index (χ1v) is 10.8. The highest BCUT2D eigenvalue weighted by molar-refractivity contribution is 5.78. The highest BCUT2D eigenvalue weighted by Crippen LogP contribution is 2.18. The molecule has 0 aliphatic carbocycles. The maximum atomic E-state index is 14.2. The van der Waals surface area contributed by atoms with Crippen LogP contribution in [0.5, 0.6) is 5.75 Å². The van der Waals surface area contributed by atoms with Crippen molar-refractivity contribution in [1.82, 2.24) is 14.5 Å². The van der Waals surface area contributed by atoms with Crippen LogP contribution in [0.2, 0.25) is 0 Å². The second kappa shape index (κ2) is 9.39. The molecule has 1 fully saturated rings. The lowest BCUT2D eigenvalue weighted by molar-refractivity contribution is 0.240. The molecular formula is C24H28FN3O2. The number of benzene rings is 2. The van der Waals surface area contributed by atoms with Gasteiger partial charge >= 0.3 is 0 Å². The van der Waals surface area contributed by atoms with Crippen LogP contribution < -0.4 is 10.3 Å². The van der Waals surface area contributed by atoms with Gasteiger partial charge in [-0.2, -0.15) is 0 Å². The largest absolute Gasteiger partial charge is 0.494 e. The van der Waals surface area contributed by atoms with Gasteiger partial charge in [0.1, 0.15) is 22.8 Å². The van der Waals surface area contributed by atoms with E-state index in [1.54, 1.807) is 19.1 Å². The van der Waals surface area contributed by atoms with Crippen LogP contribution in [-0.2, 0) is 0 Å². The van der Waals surface area contributed by atoms with E-state index in [1.165, 1.54) is 49.4 Å². The summed E-state index contributed by atoms with van der Waals surface area (Å²) in [5, 5.41) is 0.0111. The Labute approximate surface area is 176 Å². The molecule has 0 N–H and O–H groups in total. The van der Waals surface area contributed by atoms with Crippen molar-refractivity contribution in [2.45, 2.75) is 39.0 Å². The van der Waals surface area contributed by atoms with Gasteiger partial charge in [-0.15, -0.1) is 0 Å². The van der Waals surface area contributed by atoms with Gasteiger partial charge in [0.15, 0.2) is 0 Å². The molecule has 0 bridgehead atoms. The van der Waals surface area contributed by atoms with Crippen LogP contribution in [0.25, 0.3) is 16.6 Å². The lowest BCUT2D eigenvalue weighted by Gasteiger charge is -2.19. The summed E-state index contributed by atoms with van der Waals surface area (Å²) in [7, 11) is 0. The van der Waals surface area contributed by atoms with Crippen molar-refractivity contribution in [2.24, 2.45) is 0 Å². The minimum atomic E-state index is -0.553. The molecule has 5 nitrogen and oxygen atoms in total. The number of aromatic nitrogens is 2. The van der Waals surface area contributed by atoms with Gasteiger partial charge in [-0.3, -0.25) is 9.36 Å². The minimum Gasteiger partial charge on any atom is -0.494 e. The fraction of sp³-hybridized carbons (Fsp3) is 0.417. The summed E-state index contributed by atoms with van der Waals surface area (Å²) in [5.74, 6) is 0.729. The standard InChI is InChI=1S/C24H28FN3O2/c1-18-26-22-9-6-8-21(25)23(22)24(29)28(18)19-10-12-20(13-11-19)30-17-7-16-27-14-4-2-3-5-15-27/h6,8-13H,2-5,7,14-17H2,1H3. The molecule has 4 rings (SSSR count). The molecule has 0 unspecified atom stereocenters. The van der Waals surface area contributed by atoms with E-state index >= 15 is 0 Å². The summed E-state index contributed by atoms with van der Waals surface area (Å²) < 4.78 is 21.5. The smallest absolute Gasteiger partial charge is 0.268 e. The molecule has 3 aromatic rings. The SMILES string of the molecule is Cc1nc2cccc(F)c2c(=O)n1-c1ccc(OCCCN2CCCCCC2)cc1. The summed E-state index contributed by atoms with van der Waals surface area (Å²) in [6.45, 7) is 5.88. The Balaban J connectivity index is 1.42. The van der Waals surface area contributed by atoms with Crippen molar-refractivity contribution in [1.29, 1.82) is 0 Å². The molecule has 6 heteroatoms. The maximum Gasteiger partial charge on any atom is 0.268 e. The van der Waals surface area contributed by atoms with Crippen LogP contribution in [0.1, 0.15) is 37.9 Å². The quantitative estimate of drug-likeness (QED) is 0.563. The molecule has 0 saturated carbocycles. The van der Waals surface area contributed by atoms with Gasteiger partial charge in [0, 0.05) is 6.54 Å². The molecule has 1 aliphatic rings. The van der Waals surface area contributed by atoms with Crippen LogP contribution in [-0.4, -0.2) is 40.7 Å². The highest BCUT2D eigenvalue weighted by atomic mass is 19.1. The van der Waals surface area contributed by atoms with E-state index in [0.717, 1.165) is 18.7 Å². The number of likely N-dealkylation sites (tertiary alicyclic amines) is 1. The van der Waals surface area contributed by atoms with Gasteiger partial charge in [0.2, 0.25) is 0 Å². The minimum absolute atomic E-state index is 0.0111. The third-order valence-corrected chi connectivity index (χ3v) is 5.70. The first kappa shape index (κ1) is 20.5. The Bertz CT molecular complexity index is 1050. The number of nitrogens with zero attached hydrogens (tertiary/aromatic N) is 3. The predicted molar refractivity (Wildman–Crippen MR) is 117 cm³/mol. The zero-order valence-corrected chi connectivity index (χ0v) is 17.4. The van der Waals surface area contributed by atoms with Crippen LogP contribution in [0.4, 0.5) is 4.39 Å². The van der Waals surface area contributed by atoms with Gasteiger partial charge in [-0.05, 0) is 75.7 Å². The molecule has 0 amide bonds. The zero-order valence-electron chi connectivity index (χ0n) is 17.4. The first-order chi connectivity index (χ1) is 14.6. The average molecular weight is 410 g/mol. The molecule has 2 aromatic carbocycles. The van der Waals surface area contributed by atoms with E-state index in [4.69, 9.17) is 4.74 Å². The van der Waals surface area contributed by atoms with Crippen molar-refractivity contribution in [3.63, 3.8) is 0 Å². The van der Waals surface area contributed by atoms with Crippen LogP contribution >= 0.6 is 0 Å². The Morgan fingerprint density at radius 3 is 2.50 bits per heavy atom. The van der Waals surface area contributed by atoms with Crippen LogP contribution in [0.15, 0.2) is 47.3 Å². The number of hydrogen-bond acceptors (Lipinski definition) is 4. The third kappa shape index (κ3) is 4.54. The lowest BCUT2D eigenvalue weighted by Crippen LogP contribution is -2.26. The summed E-state index contributed by atoms with van der Waals surface area (Å²) in [6.07, 6.45) is 6.29. The number of rotatable bonds is 6. The topological polar surface area (TPSA) is 47.4 Å². The van der Waals surface area contributed by atoms with E-state index in [0.29, 0.717) is 23.6 Å². The Kier molecular flexibility index (Phi) is 6.43. The van der Waals surface area contributed by atoms with Crippen molar-refractivity contribution in [2.75, 3.05) is 26.2 Å². The Morgan fingerprint density at radius 2 is 1.77 bits per heavy atom. The molecule has 0 atom stereocenters. The first-order valence-electron chi connectivity index (χ1n) is 10.8. The van der Waals surface area contributed by atoms with Crippen molar-refractivity contribution in [3.05, 3.63) is 64.5 Å². The summed E-state index contributed by atoms with van der Waals surface area (Å²) in [5.41, 5.74) is 0.618. The molecule has 1 aliphatic heterocycles. The van der Waals surface area contributed by atoms with Crippen molar-refractivity contribution in [3.8, 4) is 11.4 Å². The molecule has 0 radical (unpaired) electrons. The Morgan fingerprint density at radius 1 is 1.03 bits per heavy atom. The second-order valence-electron chi connectivity index (χ2n) is 7.89. The average Bonchev–Trinajstić information content (AvgIpc) is 3.01. The van der Waals surface area contributed by atoms with Gasteiger partial charge in [0.25, 0.3) is 5.56 Å². The number of hydrogen-bond donors (Lipinski definition) is 0. The van der Waals surface area contributed by atoms with E-state index in [-0.39, 0.29) is 5.39 Å². The van der Waals surface area contributed by atoms with Crippen molar-refractivity contribution < 1.29 is 9.13 Å². The maximum absolute atomic E-state index is 14.2. The molecular weight excluding hydrogens is 381 g/mol. The number of fused-ring (bicyclic) bond motifs is 1. The normalized spacial score (nSPS) is 15.3. The fourth-order valence-corrected chi connectivity index (χ4v) is 4.13. The zero-order chi connectivity index (χ0) is 20.9. The summed E-state index contributed by atoms with van der Waals surface area (Å²) >= 11 is 0. The third-order valence-electron chi connectivity index (χ3n) is 5.70. The molecule has 158 valence electrons.